The van der Waals surface area contributed by atoms with Crippen LogP contribution in [0, 0.1) is 0 Å². The highest BCUT2D eigenvalue weighted by Gasteiger charge is 2.49. The van der Waals surface area contributed by atoms with E-state index < -0.39 is 5.60 Å². The van der Waals surface area contributed by atoms with Crippen molar-refractivity contribution in [3.8, 4) is 0 Å². The second-order valence-electron chi connectivity index (χ2n) is 3.91. The molecule has 0 unspecified atom stereocenters. The van der Waals surface area contributed by atoms with Crippen molar-refractivity contribution in [3.05, 3.63) is 0 Å². The summed E-state index contributed by atoms with van der Waals surface area (Å²) in [6, 6.07) is 0.285. The van der Waals surface area contributed by atoms with Crippen LogP contribution >= 0.6 is 0 Å². The molecule has 2 saturated heterocycles. The minimum atomic E-state index is -0.826. The second kappa shape index (κ2) is 3.49. The molecule has 2 atom stereocenters. The summed E-state index contributed by atoms with van der Waals surface area (Å²) in [5.41, 5.74) is -0.826. The molecule has 2 heterocycles. The predicted octanol–water partition coefficient (Wildman–Crippen LogP) is 0.302. The van der Waals surface area contributed by atoms with E-state index in [1.165, 1.54) is 7.11 Å². The van der Waals surface area contributed by atoms with Gasteiger partial charge in [-0.1, -0.05) is 0 Å². The van der Waals surface area contributed by atoms with Crippen molar-refractivity contribution in [1.29, 1.82) is 0 Å². The van der Waals surface area contributed by atoms with Crippen molar-refractivity contribution in [2.45, 2.75) is 31.4 Å². The first-order chi connectivity index (χ1) is 6.65. The standard InChI is InChI=1S/C9H15NO4/c1-9(8(11)12-2)5-7-3-4-13-6-10(7)14-9/h7H,3-6H2,1-2H3/t7-,9-/m0/s1. The molecule has 5 nitrogen and oxygen atoms in total. The molecule has 2 aliphatic heterocycles. The normalized spacial score (nSPS) is 38.0. The molecule has 0 aromatic carbocycles. The Hall–Kier alpha value is -0.650. The molecule has 0 spiro atoms. The summed E-state index contributed by atoms with van der Waals surface area (Å²) in [5.74, 6) is -0.313. The average Bonchev–Trinajstić information content (AvgIpc) is 2.54. The fourth-order valence-corrected chi connectivity index (χ4v) is 2.01. The zero-order chi connectivity index (χ0) is 10.2. The predicted molar refractivity (Wildman–Crippen MR) is 47.2 cm³/mol. The number of hydrogen-bond acceptors (Lipinski definition) is 5. The molecule has 14 heavy (non-hydrogen) atoms. The Morgan fingerprint density at radius 2 is 2.43 bits per heavy atom. The van der Waals surface area contributed by atoms with E-state index in [9.17, 15) is 4.79 Å². The van der Waals surface area contributed by atoms with Crippen molar-refractivity contribution in [1.82, 2.24) is 5.06 Å². The van der Waals surface area contributed by atoms with Crippen LogP contribution in [0.15, 0.2) is 0 Å². The number of carbonyl (C=O) groups is 1. The molecule has 0 aromatic rings. The number of carbonyl (C=O) groups excluding carboxylic acids is 1. The van der Waals surface area contributed by atoms with Crippen molar-refractivity contribution >= 4 is 5.97 Å². The molecule has 2 aliphatic rings. The first-order valence-corrected chi connectivity index (χ1v) is 4.78. The number of esters is 1. The third kappa shape index (κ3) is 1.51. The molecule has 0 aromatic heterocycles. The maximum Gasteiger partial charge on any atom is 0.340 e. The van der Waals surface area contributed by atoms with Crippen molar-refractivity contribution in [3.63, 3.8) is 0 Å². The third-order valence-electron chi connectivity index (χ3n) is 2.78. The Kier molecular flexibility index (Phi) is 2.47. The van der Waals surface area contributed by atoms with E-state index in [0.29, 0.717) is 13.2 Å². The number of methoxy groups -OCH3 is 1. The molecular formula is C9H15NO4. The smallest absolute Gasteiger partial charge is 0.340 e. The maximum atomic E-state index is 11.5. The van der Waals surface area contributed by atoms with Gasteiger partial charge in [0.05, 0.1) is 13.7 Å². The third-order valence-corrected chi connectivity index (χ3v) is 2.78. The van der Waals surface area contributed by atoms with E-state index in [2.05, 4.69) is 0 Å². The first-order valence-electron chi connectivity index (χ1n) is 4.78. The number of rotatable bonds is 1. The summed E-state index contributed by atoms with van der Waals surface area (Å²) in [6.45, 7) is 2.94. The molecule has 5 heteroatoms. The van der Waals surface area contributed by atoms with Crippen molar-refractivity contribution in [2.75, 3.05) is 20.4 Å². The lowest BCUT2D eigenvalue weighted by atomic mass is 9.97. The van der Waals surface area contributed by atoms with Gasteiger partial charge in [-0.2, -0.15) is 5.06 Å². The van der Waals surface area contributed by atoms with Gasteiger partial charge in [0.25, 0.3) is 0 Å². The van der Waals surface area contributed by atoms with E-state index in [0.717, 1.165) is 13.0 Å². The Labute approximate surface area is 82.9 Å². The van der Waals surface area contributed by atoms with E-state index in [1.807, 2.05) is 0 Å². The lowest BCUT2D eigenvalue weighted by Gasteiger charge is -2.27. The minimum Gasteiger partial charge on any atom is -0.467 e. The van der Waals surface area contributed by atoms with Crippen molar-refractivity contribution < 1.29 is 19.1 Å². The van der Waals surface area contributed by atoms with Gasteiger partial charge in [-0.15, -0.1) is 0 Å². The lowest BCUT2D eigenvalue weighted by Crippen LogP contribution is -2.38. The average molecular weight is 201 g/mol. The largest absolute Gasteiger partial charge is 0.467 e. The molecule has 0 N–H and O–H groups in total. The molecule has 0 saturated carbocycles. The summed E-state index contributed by atoms with van der Waals surface area (Å²) < 4.78 is 9.95. The molecule has 2 fully saturated rings. The van der Waals surface area contributed by atoms with Gasteiger partial charge in [0, 0.05) is 12.5 Å². The Bertz CT molecular complexity index is 229. The summed E-state index contributed by atoms with van der Waals surface area (Å²) >= 11 is 0. The number of hydroxylamine groups is 2. The summed E-state index contributed by atoms with van der Waals surface area (Å²) in [5, 5.41) is 1.74. The Morgan fingerprint density at radius 1 is 1.64 bits per heavy atom. The maximum absolute atomic E-state index is 11.5. The highest BCUT2D eigenvalue weighted by Crippen LogP contribution is 2.34. The molecule has 0 radical (unpaired) electrons. The van der Waals surface area contributed by atoms with Crippen LogP contribution in [0.25, 0.3) is 0 Å². The highest BCUT2D eigenvalue weighted by molar-refractivity contribution is 5.79. The molecule has 0 aliphatic carbocycles. The minimum absolute atomic E-state index is 0.285. The summed E-state index contributed by atoms with van der Waals surface area (Å²) in [4.78, 5) is 17.0. The Morgan fingerprint density at radius 3 is 3.07 bits per heavy atom. The van der Waals surface area contributed by atoms with E-state index in [4.69, 9.17) is 14.3 Å². The number of hydrogen-bond donors (Lipinski definition) is 0. The van der Waals surface area contributed by atoms with Crippen LogP contribution in [0.4, 0.5) is 0 Å². The lowest BCUT2D eigenvalue weighted by molar-refractivity contribution is -0.255. The first kappa shape index (κ1) is 9.89. The van der Waals surface area contributed by atoms with Crippen LogP contribution in [0.2, 0.25) is 0 Å². The van der Waals surface area contributed by atoms with Gasteiger partial charge in [0.1, 0.15) is 6.73 Å². The number of nitrogens with zero attached hydrogens (tertiary/aromatic N) is 1. The van der Waals surface area contributed by atoms with Crippen LogP contribution in [0.3, 0.4) is 0 Å². The number of ether oxygens (including phenoxy) is 2. The van der Waals surface area contributed by atoms with Crippen LogP contribution in [-0.4, -0.2) is 43.1 Å². The molecule has 80 valence electrons. The SMILES string of the molecule is COC(=O)[C@]1(C)C[C@@H]2CCOCN2O1. The zero-order valence-corrected chi connectivity index (χ0v) is 8.49. The van der Waals surface area contributed by atoms with Gasteiger partial charge < -0.3 is 9.47 Å². The molecular weight excluding hydrogens is 186 g/mol. The van der Waals surface area contributed by atoms with E-state index in [1.54, 1.807) is 12.0 Å². The quantitative estimate of drug-likeness (QED) is 0.571. The molecule has 2 rings (SSSR count). The fraction of sp³-hybridized carbons (Fsp3) is 0.889. The van der Waals surface area contributed by atoms with E-state index in [-0.39, 0.29) is 12.0 Å². The van der Waals surface area contributed by atoms with Crippen LogP contribution in [0.1, 0.15) is 19.8 Å². The van der Waals surface area contributed by atoms with Gasteiger partial charge in [0.15, 0.2) is 5.60 Å². The van der Waals surface area contributed by atoms with Crippen LogP contribution < -0.4 is 0 Å². The summed E-state index contributed by atoms with van der Waals surface area (Å²) in [6.07, 6.45) is 1.59. The van der Waals surface area contributed by atoms with Gasteiger partial charge in [-0.05, 0) is 13.3 Å². The van der Waals surface area contributed by atoms with Gasteiger partial charge in [-0.3, -0.25) is 4.84 Å². The van der Waals surface area contributed by atoms with Gasteiger partial charge >= 0.3 is 5.97 Å². The van der Waals surface area contributed by atoms with Crippen LogP contribution in [0.5, 0.6) is 0 Å². The topological polar surface area (TPSA) is 48.0 Å². The van der Waals surface area contributed by atoms with E-state index >= 15 is 0 Å². The van der Waals surface area contributed by atoms with Gasteiger partial charge in [0.2, 0.25) is 0 Å². The van der Waals surface area contributed by atoms with Crippen molar-refractivity contribution in [2.24, 2.45) is 0 Å². The van der Waals surface area contributed by atoms with Crippen LogP contribution in [-0.2, 0) is 19.1 Å². The van der Waals surface area contributed by atoms with Gasteiger partial charge in [-0.25, -0.2) is 4.79 Å². The Balaban J connectivity index is 2.07. The second-order valence-corrected chi connectivity index (χ2v) is 3.91. The number of fused-ring (bicyclic) bond motifs is 1. The molecule has 0 bridgehead atoms. The fourth-order valence-electron chi connectivity index (χ4n) is 2.01. The molecule has 0 amide bonds. The monoisotopic (exact) mass is 201 g/mol. The summed E-state index contributed by atoms with van der Waals surface area (Å²) in [7, 11) is 1.38. The highest BCUT2D eigenvalue weighted by atomic mass is 16.7. The zero-order valence-electron chi connectivity index (χ0n) is 8.49.